The molecule has 0 atom stereocenters. The molecule has 114 valence electrons. The number of hydrogen-bond donors (Lipinski definition) is 0. The summed E-state index contributed by atoms with van der Waals surface area (Å²) in [5.41, 5.74) is 3.47. The van der Waals surface area contributed by atoms with Crippen molar-refractivity contribution in [3.63, 3.8) is 0 Å². The summed E-state index contributed by atoms with van der Waals surface area (Å²) in [4.78, 5) is 4.56. The van der Waals surface area contributed by atoms with E-state index in [9.17, 15) is 0 Å². The lowest BCUT2D eigenvalue weighted by molar-refractivity contribution is 1.10. The van der Waals surface area contributed by atoms with E-state index in [1.54, 1.807) is 0 Å². The molecule has 1 aromatic heterocycles. The summed E-state index contributed by atoms with van der Waals surface area (Å²) in [7, 11) is 0. The molecule has 0 radical (unpaired) electrons. The number of benzene rings is 2. The van der Waals surface area contributed by atoms with Crippen LogP contribution < -0.4 is 0 Å². The van der Waals surface area contributed by atoms with Crippen LogP contribution in [0.3, 0.4) is 0 Å². The van der Waals surface area contributed by atoms with E-state index in [1.807, 2.05) is 18.0 Å². The molecule has 0 aliphatic rings. The molecule has 1 heterocycles. The number of rotatable bonds is 4. The Bertz CT molecular complexity index is 836. The molecule has 0 fully saturated rings. The maximum absolute atomic E-state index is 4.56. The minimum atomic E-state index is 0.848. The lowest BCUT2D eigenvalue weighted by Gasteiger charge is -2.06. The summed E-state index contributed by atoms with van der Waals surface area (Å²) in [6, 6.07) is 19.0. The summed E-state index contributed by atoms with van der Waals surface area (Å²) in [6.07, 6.45) is 2.74. The smallest absolute Gasteiger partial charge is 0.0551 e. The van der Waals surface area contributed by atoms with E-state index >= 15 is 0 Å². The van der Waals surface area contributed by atoms with Crippen LogP contribution in [0.1, 0.15) is 23.7 Å². The van der Waals surface area contributed by atoms with Crippen molar-refractivity contribution in [1.82, 2.24) is 4.98 Å². The molecule has 2 aromatic carbocycles. The summed E-state index contributed by atoms with van der Waals surface area (Å²) in [5, 5.41) is 2.48. The van der Waals surface area contributed by atoms with Crippen molar-refractivity contribution in [3.8, 4) is 11.8 Å². The molecule has 0 aliphatic carbocycles. The highest BCUT2D eigenvalue weighted by Crippen LogP contribution is 2.19. The second-order valence-electron chi connectivity index (χ2n) is 5.29. The lowest BCUT2D eigenvalue weighted by Crippen LogP contribution is -1.93. The number of thioether (sulfide) groups is 1. The number of pyridine rings is 1. The average molecular weight is 317 g/mol. The first-order valence-corrected chi connectivity index (χ1v) is 9.00. The monoisotopic (exact) mass is 317 g/mol. The molecule has 0 bridgehead atoms. The van der Waals surface area contributed by atoms with E-state index in [0.29, 0.717) is 0 Å². The first kappa shape index (κ1) is 15.6. The third-order valence-electron chi connectivity index (χ3n) is 3.69. The second-order valence-corrected chi connectivity index (χ2v) is 6.57. The lowest BCUT2D eigenvalue weighted by atomic mass is 10.0. The van der Waals surface area contributed by atoms with Crippen molar-refractivity contribution < 1.29 is 0 Å². The van der Waals surface area contributed by atoms with Gasteiger partial charge in [0.15, 0.2) is 0 Å². The fourth-order valence-electron chi connectivity index (χ4n) is 2.51. The highest BCUT2D eigenvalue weighted by Gasteiger charge is 2.03. The molecule has 0 unspecified atom stereocenters. The van der Waals surface area contributed by atoms with Crippen LogP contribution in [-0.2, 0) is 6.42 Å². The normalized spacial score (nSPS) is 10.3. The van der Waals surface area contributed by atoms with Crippen LogP contribution in [0.4, 0.5) is 0 Å². The quantitative estimate of drug-likeness (QED) is 0.500. The van der Waals surface area contributed by atoms with Gasteiger partial charge in [-0.15, -0.1) is 11.8 Å². The van der Waals surface area contributed by atoms with Crippen LogP contribution in [-0.4, -0.2) is 16.5 Å². The minimum absolute atomic E-state index is 0.848. The van der Waals surface area contributed by atoms with E-state index in [2.05, 4.69) is 78.3 Å². The Balaban J connectivity index is 1.76. The molecule has 0 aliphatic heterocycles. The number of aromatic nitrogens is 1. The Morgan fingerprint density at radius 1 is 1.00 bits per heavy atom. The van der Waals surface area contributed by atoms with Gasteiger partial charge in [0.1, 0.15) is 0 Å². The largest absolute Gasteiger partial charge is 0.260 e. The van der Waals surface area contributed by atoms with Crippen molar-refractivity contribution in [2.45, 2.75) is 13.3 Å². The third kappa shape index (κ3) is 4.15. The van der Waals surface area contributed by atoms with Crippen molar-refractivity contribution in [3.05, 3.63) is 77.6 Å². The average Bonchev–Trinajstić information content (AvgIpc) is 2.60. The molecule has 23 heavy (non-hydrogen) atoms. The predicted molar refractivity (Wildman–Crippen MR) is 101 cm³/mol. The van der Waals surface area contributed by atoms with E-state index in [1.165, 1.54) is 16.3 Å². The molecule has 3 aromatic rings. The number of fused-ring (bicyclic) bond motifs is 1. The van der Waals surface area contributed by atoms with Crippen molar-refractivity contribution >= 4 is 22.5 Å². The van der Waals surface area contributed by atoms with Crippen LogP contribution in [0.5, 0.6) is 0 Å². The van der Waals surface area contributed by atoms with E-state index in [4.69, 9.17) is 0 Å². The van der Waals surface area contributed by atoms with Crippen LogP contribution in [0.25, 0.3) is 10.8 Å². The summed E-state index contributed by atoms with van der Waals surface area (Å²) >= 11 is 1.85. The Morgan fingerprint density at radius 3 is 2.65 bits per heavy atom. The summed E-state index contributed by atoms with van der Waals surface area (Å²) < 4.78 is 0. The molecule has 3 rings (SSSR count). The number of hydrogen-bond acceptors (Lipinski definition) is 2. The zero-order valence-corrected chi connectivity index (χ0v) is 14.1. The Kier molecular flexibility index (Phi) is 5.34. The fourth-order valence-corrected chi connectivity index (χ4v) is 2.89. The minimum Gasteiger partial charge on any atom is -0.260 e. The van der Waals surface area contributed by atoms with Gasteiger partial charge >= 0.3 is 0 Å². The molecule has 0 N–H and O–H groups in total. The molecule has 0 saturated carbocycles. The van der Waals surface area contributed by atoms with Gasteiger partial charge in [0.25, 0.3) is 0 Å². The van der Waals surface area contributed by atoms with E-state index in [-0.39, 0.29) is 0 Å². The number of nitrogens with zero attached hydrogens (tertiary/aromatic N) is 1. The predicted octanol–water partition coefficient (Wildman–Crippen LogP) is 4.93. The van der Waals surface area contributed by atoms with Crippen molar-refractivity contribution in [2.24, 2.45) is 0 Å². The van der Waals surface area contributed by atoms with Crippen LogP contribution in [0, 0.1) is 11.8 Å². The molecule has 0 spiro atoms. The van der Waals surface area contributed by atoms with Gasteiger partial charge in [-0.3, -0.25) is 4.98 Å². The first-order chi connectivity index (χ1) is 11.4. The van der Waals surface area contributed by atoms with Gasteiger partial charge in [0, 0.05) is 23.6 Å². The maximum Gasteiger partial charge on any atom is 0.0551 e. The van der Waals surface area contributed by atoms with E-state index < -0.39 is 0 Å². The first-order valence-electron chi connectivity index (χ1n) is 7.85. The molecule has 0 saturated heterocycles. The fraction of sp³-hybridized carbons (Fsp3) is 0.190. The van der Waals surface area contributed by atoms with Crippen molar-refractivity contribution in [2.75, 3.05) is 11.5 Å². The zero-order valence-electron chi connectivity index (χ0n) is 13.3. The third-order valence-corrected chi connectivity index (χ3v) is 4.45. The highest BCUT2D eigenvalue weighted by molar-refractivity contribution is 7.99. The second kappa shape index (κ2) is 7.85. The molecule has 0 amide bonds. The van der Waals surface area contributed by atoms with Gasteiger partial charge < -0.3 is 0 Å². The highest BCUT2D eigenvalue weighted by atomic mass is 32.2. The van der Waals surface area contributed by atoms with Gasteiger partial charge in [-0.1, -0.05) is 55.2 Å². The Morgan fingerprint density at radius 2 is 1.83 bits per heavy atom. The zero-order chi connectivity index (χ0) is 15.9. The summed E-state index contributed by atoms with van der Waals surface area (Å²) in [5.74, 6) is 8.43. The van der Waals surface area contributed by atoms with Crippen LogP contribution >= 0.6 is 11.8 Å². The van der Waals surface area contributed by atoms with Gasteiger partial charge in [-0.25, -0.2) is 0 Å². The molecule has 1 nitrogen and oxygen atoms in total. The molecular weight excluding hydrogens is 298 g/mol. The Labute approximate surface area is 142 Å². The van der Waals surface area contributed by atoms with Gasteiger partial charge in [0.2, 0.25) is 0 Å². The Hall–Kier alpha value is -2.24. The van der Waals surface area contributed by atoms with Crippen LogP contribution in [0.15, 0.2) is 60.8 Å². The van der Waals surface area contributed by atoms with Gasteiger partial charge in [0.05, 0.1) is 11.4 Å². The van der Waals surface area contributed by atoms with Crippen molar-refractivity contribution in [1.29, 1.82) is 0 Å². The molecule has 2 heteroatoms. The SMILES string of the molecule is CCSCC#Cc1ccc(Cc2nccc3ccccc23)cc1. The van der Waals surface area contributed by atoms with Gasteiger partial charge in [-0.2, -0.15) is 0 Å². The van der Waals surface area contributed by atoms with Crippen LogP contribution in [0.2, 0.25) is 0 Å². The topological polar surface area (TPSA) is 12.9 Å². The van der Waals surface area contributed by atoms with E-state index in [0.717, 1.165) is 29.2 Å². The summed E-state index contributed by atoms with van der Waals surface area (Å²) in [6.45, 7) is 2.16. The standard InChI is InChI=1S/C21H19NS/c1-2-23-15-5-6-17-9-11-18(12-10-17)16-21-20-8-4-3-7-19(20)13-14-22-21/h3-4,7-14H,2,15-16H2,1H3. The van der Waals surface area contributed by atoms with Gasteiger partial charge in [-0.05, 0) is 34.9 Å². The molecular formula is C21H19NS. The maximum atomic E-state index is 4.56.